The van der Waals surface area contributed by atoms with Crippen LogP contribution >= 0.6 is 0 Å². The molecule has 170 valence electrons. The first-order chi connectivity index (χ1) is 15.1. The number of nitrogens with one attached hydrogen (secondary N) is 1. The first kappa shape index (κ1) is 23.4. The molecule has 0 radical (unpaired) electrons. The highest BCUT2D eigenvalue weighted by Crippen LogP contribution is 2.30. The molecule has 1 aliphatic rings. The van der Waals surface area contributed by atoms with E-state index >= 15 is 0 Å². The number of alkyl carbamates (subject to hydrolysis) is 1. The Labute approximate surface area is 186 Å². The SMILES string of the molecule is CC1CCc2cc(C#CCOCCNC(=O)OC(C)(C)C)cc3c(=O)c(C(=O)O)cn1c23. The summed E-state index contributed by atoms with van der Waals surface area (Å²) in [5, 5.41) is 12.4. The molecule has 0 fully saturated rings. The van der Waals surface area contributed by atoms with Crippen molar-refractivity contribution in [1.29, 1.82) is 0 Å². The number of benzene rings is 1. The number of ether oxygens (including phenoxy) is 2. The highest BCUT2D eigenvalue weighted by Gasteiger charge is 2.23. The molecule has 0 spiro atoms. The van der Waals surface area contributed by atoms with E-state index in [4.69, 9.17) is 9.47 Å². The van der Waals surface area contributed by atoms with Crippen LogP contribution in [0.5, 0.6) is 0 Å². The predicted octanol–water partition coefficient (Wildman–Crippen LogP) is 3.10. The van der Waals surface area contributed by atoms with Crippen molar-refractivity contribution in [2.75, 3.05) is 19.8 Å². The number of pyridine rings is 1. The Kier molecular flexibility index (Phi) is 6.90. The lowest BCUT2D eigenvalue weighted by Crippen LogP contribution is -2.34. The van der Waals surface area contributed by atoms with Gasteiger partial charge in [-0.05, 0) is 58.2 Å². The Morgan fingerprint density at radius 3 is 2.75 bits per heavy atom. The van der Waals surface area contributed by atoms with Crippen molar-refractivity contribution in [2.24, 2.45) is 0 Å². The molecule has 0 saturated heterocycles. The van der Waals surface area contributed by atoms with Crippen molar-refractivity contribution in [2.45, 2.75) is 52.2 Å². The summed E-state index contributed by atoms with van der Waals surface area (Å²) in [6.07, 6.45) is 2.60. The van der Waals surface area contributed by atoms with Gasteiger partial charge < -0.3 is 24.5 Å². The molecule has 8 heteroatoms. The van der Waals surface area contributed by atoms with Gasteiger partial charge in [-0.15, -0.1) is 0 Å². The topological polar surface area (TPSA) is 107 Å². The van der Waals surface area contributed by atoms with Crippen LogP contribution in [0.1, 0.15) is 61.6 Å². The Bertz CT molecular complexity index is 1160. The van der Waals surface area contributed by atoms with Gasteiger partial charge in [-0.25, -0.2) is 9.59 Å². The van der Waals surface area contributed by atoms with E-state index in [1.807, 2.05) is 17.6 Å². The smallest absolute Gasteiger partial charge is 0.407 e. The lowest BCUT2D eigenvalue weighted by molar-refractivity contribution is 0.0506. The number of hydrogen-bond donors (Lipinski definition) is 2. The van der Waals surface area contributed by atoms with Crippen LogP contribution in [0.2, 0.25) is 0 Å². The molecule has 2 aromatic rings. The summed E-state index contributed by atoms with van der Waals surface area (Å²) in [6.45, 7) is 8.11. The van der Waals surface area contributed by atoms with E-state index in [9.17, 15) is 19.5 Å². The number of carbonyl (C=O) groups excluding carboxylic acids is 1. The molecular weight excluding hydrogens is 412 g/mol. The average Bonchev–Trinajstić information content (AvgIpc) is 2.69. The fraction of sp³-hybridized carbons (Fsp3) is 0.458. The lowest BCUT2D eigenvalue weighted by Gasteiger charge is -2.26. The standard InChI is InChI=1S/C24H28N2O6/c1-15-7-8-17-12-16(6-5-10-31-11-9-25-23(30)32-24(2,3)4)13-18-20(17)26(15)14-19(21(18)27)22(28)29/h12-15H,7-11H2,1-4H3,(H,25,30)(H,28,29). The molecule has 1 aliphatic heterocycles. The molecule has 0 saturated carbocycles. The van der Waals surface area contributed by atoms with E-state index in [1.54, 1.807) is 26.8 Å². The zero-order valence-electron chi connectivity index (χ0n) is 18.8. The summed E-state index contributed by atoms with van der Waals surface area (Å²) in [5.74, 6) is 4.66. The third-order valence-corrected chi connectivity index (χ3v) is 5.06. The van der Waals surface area contributed by atoms with Crippen molar-refractivity contribution in [3.8, 4) is 11.8 Å². The zero-order valence-corrected chi connectivity index (χ0v) is 18.8. The van der Waals surface area contributed by atoms with Crippen LogP contribution in [-0.4, -0.2) is 47.1 Å². The van der Waals surface area contributed by atoms with E-state index < -0.39 is 23.1 Å². The van der Waals surface area contributed by atoms with Crippen molar-refractivity contribution >= 4 is 23.0 Å². The number of aromatic nitrogens is 1. The number of carboxylic acids is 1. The molecule has 3 rings (SSSR count). The van der Waals surface area contributed by atoms with E-state index in [0.29, 0.717) is 17.5 Å². The van der Waals surface area contributed by atoms with Crippen LogP contribution in [0.25, 0.3) is 10.9 Å². The summed E-state index contributed by atoms with van der Waals surface area (Å²) >= 11 is 0. The van der Waals surface area contributed by atoms with E-state index in [1.165, 1.54) is 6.20 Å². The first-order valence-electron chi connectivity index (χ1n) is 10.6. The van der Waals surface area contributed by atoms with Gasteiger partial charge in [-0.3, -0.25) is 4.79 Å². The summed E-state index contributed by atoms with van der Waals surface area (Å²) in [6, 6.07) is 3.71. The number of amides is 1. The molecule has 2 heterocycles. The number of hydrogen-bond acceptors (Lipinski definition) is 5. The average molecular weight is 440 g/mol. The monoisotopic (exact) mass is 440 g/mol. The van der Waals surface area contributed by atoms with Crippen LogP contribution < -0.4 is 10.7 Å². The number of aryl methyl sites for hydroxylation is 1. The van der Waals surface area contributed by atoms with E-state index in [0.717, 1.165) is 23.9 Å². The van der Waals surface area contributed by atoms with Crippen molar-refractivity contribution in [3.05, 3.63) is 45.2 Å². The molecule has 32 heavy (non-hydrogen) atoms. The summed E-state index contributed by atoms with van der Waals surface area (Å²) < 4.78 is 12.4. The summed E-state index contributed by atoms with van der Waals surface area (Å²) in [7, 11) is 0. The fourth-order valence-electron chi connectivity index (χ4n) is 3.65. The second kappa shape index (κ2) is 9.45. The molecule has 0 bridgehead atoms. The second-order valence-electron chi connectivity index (χ2n) is 8.79. The van der Waals surface area contributed by atoms with Crippen LogP contribution in [0, 0.1) is 11.8 Å². The molecule has 0 aliphatic carbocycles. The van der Waals surface area contributed by atoms with Gasteiger partial charge in [0.25, 0.3) is 0 Å². The quantitative estimate of drug-likeness (QED) is 0.547. The van der Waals surface area contributed by atoms with Gasteiger partial charge in [-0.1, -0.05) is 11.8 Å². The zero-order chi connectivity index (χ0) is 23.5. The Balaban J connectivity index is 1.69. The molecule has 1 amide bonds. The minimum atomic E-state index is -1.23. The van der Waals surface area contributed by atoms with Crippen molar-refractivity contribution in [3.63, 3.8) is 0 Å². The number of carbonyl (C=O) groups is 2. The van der Waals surface area contributed by atoms with Gasteiger partial charge >= 0.3 is 12.1 Å². The maximum Gasteiger partial charge on any atom is 0.407 e. The minimum Gasteiger partial charge on any atom is -0.477 e. The largest absolute Gasteiger partial charge is 0.477 e. The van der Waals surface area contributed by atoms with Crippen LogP contribution in [0.4, 0.5) is 4.79 Å². The number of aromatic carboxylic acids is 1. The number of nitrogens with zero attached hydrogens (tertiary/aromatic N) is 1. The van der Waals surface area contributed by atoms with E-state index in [2.05, 4.69) is 17.2 Å². The normalized spacial score (nSPS) is 15.1. The lowest BCUT2D eigenvalue weighted by atomic mass is 9.94. The molecule has 1 aromatic carbocycles. The van der Waals surface area contributed by atoms with Gasteiger partial charge in [-0.2, -0.15) is 0 Å². The van der Waals surface area contributed by atoms with Gasteiger partial charge in [0.1, 0.15) is 17.8 Å². The molecule has 2 N–H and O–H groups in total. The number of rotatable bonds is 5. The molecule has 8 nitrogen and oxygen atoms in total. The minimum absolute atomic E-state index is 0.114. The first-order valence-corrected chi connectivity index (χ1v) is 10.6. The van der Waals surface area contributed by atoms with Crippen molar-refractivity contribution < 1.29 is 24.2 Å². The van der Waals surface area contributed by atoms with Crippen LogP contribution in [0.3, 0.4) is 0 Å². The predicted molar refractivity (Wildman–Crippen MR) is 120 cm³/mol. The third-order valence-electron chi connectivity index (χ3n) is 5.06. The third kappa shape index (κ3) is 5.48. The molecule has 1 unspecified atom stereocenters. The maximum atomic E-state index is 12.8. The second-order valence-corrected chi connectivity index (χ2v) is 8.79. The highest BCUT2D eigenvalue weighted by molar-refractivity contribution is 5.94. The van der Waals surface area contributed by atoms with Gasteiger partial charge in [0.15, 0.2) is 0 Å². The Morgan fingerprint density at radius 1 is 1.31 bits per heavy atom. The Hall–Kier alpha value is -3.31. The summed E-state index contributed by atoms with van der Waals surface area (Å²) in [5.41, 5.74) is 1.14. The van der Waals surface area contributed by atoms with Crippen LogP contribution in [-0.2, 0) is 15.9 Å². The molecule has 1 atom stereocenters. The number of carboxylic acid groups (broad SMARTS) is 1. The Morgan fingerprint density at radius 2 is 2.06 bits per heavy atom. The van der Waals surface area contributed by atoms with Crippen molar-refractivity contribution in [1.82, 2.24) is 9.88 Å². The van der Waals surface area contributed by atoms with Gasteiger partial charge in [0.05, 0.1) is 12.1 Å². The van der Waals surface area contributed by atoms with Crippen LogP contribution in [0.15, 0.2) is 23.1 Å². The highest BCUT2D eigenvalue weighted by atomic mass is 16.6. The molecular formula is C24H28N2O6. The van der Waals surface area contributed by atoms with Gasteiger partial charge in [0, 0.05) is 29.7 Å². The van der Waals surface area contributed by atoms with Gasteiger partial charge in [0.2, 0.25) is 5.43 Å². The fourth-order valence-corrected chi connectivity index (χ4v) is 3.65. The van der Waals surface area contributed by atoms with E-state index in [-0.39, 0.29) is 24.8 Å². The summed E-state index contributed by atoms with van der Waals surface area (Å²) in [4.78, 5) is 35.9. The molecule has 1 aromatic heterocycles. The maximum absolute atomic E-state index is 12.8.